The highest BCUT2D eigenvalue weighted by Crippen LogP contribution is 2.41. The van der Waals surface area contributed by atoms with Gasteiger partial charge in [-0.05, 0) is 24.7 Å². The van der Waals surface area contributed by atoms with Gasteiger partial charge in [-0.25, -0.2) is 0 Å². The summed E-state index contributed by atoms with van der Waals surface area (Å²) in [6.45, 7) is 2.97. The van der Waals surface area contributed by atoms with Gasteiger partial charge in [-0.15, -0.1) is 0 Å². The van der Waals surface area contributed by atoms with E-state index in [9.17, 15) is 0 Å². The Morgan fingerprint density at radius 1 is 0.737 bits per heavy atom. The first-order valence-corrected chi connectivity index (χ1v) is 8.97. The molecule has 0 bridgehead atoms. The van der Waals surface area contributed by atoms with Crippen LogP contribution in [0.3, 0.4) is 0 Å². The lowest BCUT2D eigenvalue weighted by Crippen LogP contribution is -2.22. The van der Waals surface area contributed by atoms with Crippen LogP contribution in [0.25, 0.3) is 0 Å². The lowest BCUT2D eigenvalue weighted by Gasteiger charge is -2.26. The minimum atomic E-state index is 0.445. The van der Waals surface area contributed by atoms with Crippen LogP contribution in [0.4, 0.5) is 0 Å². The standard InChI is InChI=1S/C18H36N/c1-2-3-4-5-6-7-8-9-10-11-14-18(17-19)15-12-13-16-18/h19H,2-17H2,1H3. The molecule has 0 aromatic rings. The smallest absolute Gasteiger partial charge is 0.0156 e. The summed E-state index contributed by atoms with van der Waals surface area (Å²) in [7, 11) is 0. The number of nitrogens with one attached hydrogen (secondary N) is 1. The summed E-state index contributed by atoms with van der Waals surface area (Å²) in [5.41, 5.74) is 8.22. The molecule has 1 fully saturated rings. The van der Waals surface area contributed by atoms with E-state index < -0.39 is 0 Å². The molecule has 1 saturated carbocycles. The lowest BCUT2D eigenvalue weighted by molar-refractivity contribution is 0.267. The van der Waals surface area contributed by atoms with Crippen molar-refractivity contribution in [1.29, 1.82) is 0 Å². The molecular weight excluding hydrogens is 230 g/mol. The third kappa shape index (κ3) is 7.34. The van der Waals surface area contributed by atoms with E-state index in [0.29, 0.717) is 12.0 Å². The van der Waals surface area contributed by atoms with Gasteiger partial charge in [0.2, 0.25) is 0 Å². The van der Waals surface area contributed by atoms with Gasteiger partial charge >= 0.3 is 0 Å². The van der Waals surface area contributed by atoms with Gasteiger partial charge in [0.15, 0.2) is 0 Å². The molecule has 1 aliphatic rings. The van der Waals surface area contributed by atoms with Crippen molar-refractivity contribution in [1.82, 2.24) is 5.73 Å². The van der Waals surface area contributed by atoms with Gasteiger partial charge in [-0.1, -0.05) is 84.0 Å². The Hall–Kier alpha value is -0.0400. The Morgan fingerprint density at radius 2 is 1.21 bits per heavy atom. The van der Waals surface area contributed by atoms with E-state index in [-0.39, 0.29) is 0 Å². The molecule has 113 valence electrons. The summed E-state index contributed by atoms with van der Waals surface area (Å²) in [6.07, 6.45) is 21.1. The van der Waals surface area contributed by atoms with Crippen molar-refractivity contribution in [2.24, 2.45) is 5.41 Å². The van der Waals surface area contributed by atoms with Crippen LogP contribution in [-0.4, -0.2) is 6.54 Å². The molecule has 1 N–H and O–H groups in total. The van der Waals surface area contributed by atoms with Crippen LogP contribution in [-0.2, 0) is 0 Å². The SMILES string of the molecule is CCCCCCCCCCCCC1(C[NH])CCCC1. The van der Waals surface area contributed by atoms with Gasteiger partial charge in [0.05, 0.1) is 0 Å². The van der Waals surface area contributed by atoms with Gasteiger partial charge in [-0.2, -0.15) is 0 Å². The van der Waals surface area contributed by atoms with Crippen molar-refractivity contribution in [2.45, 2.75) is 103 Å². The quantitative estimate of drug-likeness (QED) is 0.379. The Balaban J connectivity index is 1.85. The largest absolute Gasteiger partial charge is 0.257 e. The van der Waals surface area contributed by atoms with Gasteiger partial charge in [0.1, 0.15) is 0 Å². The van der Waals surface area contributed by atoms with Crippen molar-refractivity contribution in [2.75, 3.05) is 6.54 Å². The molecule has 0 atom stereocenters. The number of hydrogen-bond acceptors (Lipinski definition) is 0. The fraction of sp³-hybridized carbons (Fsp3) is 1.00. The van der Waals surface area contributed by atoms with E-state index >= 15 is 0 Å². The minimum absolute atomic E-state index is 0.445. The molecule has 0 heterocycles. The molecule has 0 aromatic carbocycles. The molecule has 0 saturated heterocycles. The van der Waals surface area contributed by atoms with Crippen molar-refractivity contribution in [3.63, 3.8) is 0 Å². The second-order valence-electron chi connectivity index (χ2n) is 6.82. The zero-order valence-electron chi connectivity index (χ0n) is 13.3. The van der Waals surface area contributed by atoms with Crippen LogP contribution in [0.2, 0.25) is 0 Å². The molecule has 1 aliphatic carbocycles. The summed E-state index contributed by atoms with van der Waals surface area (Å²) < 4.78 is 0. The number of rotatable bonds is 12. The van der Waals surface area contributed by atoms with Crippen LogP contribution in [0.5, 0.6) is 0 Å². The second kappa shape index (κ2) is 10.7. The van der Waals surface area contributed by atoms with Crippen molar-refractivity contribution in [3.8, 4) is 0 Å². The zero-order valence-corrected chi connectivity index (χ0v) is 13.3. The Bertz CT molecular complexity index is 194. The summed E-state index contributed by atoms with van der Waals surface area (Å²) in [5, 5.41) is 0. The van der Waals surface area contributed by atoms with Gasteiger partial charge in [0.25, 0.3) is 0 Å². The Morgan fingerprint density at radius 3 is 1.68 bits per heavy atom. The minimum Gasteiger partial charge on any atom is -0.257 e. The topological polar surface area (TPSA) is 23.8 Å². The first-order chi connectivity index (χ1) is 9.33. The highest BCUT2D eigenvalue weighted by atomic mass is 14.6. The zero-order chi connectivity index (χ0) is 13.8. The van der Waals surface area contributed by atoms with Crippen molar-refractivity contribution < 1.29 is 0 Å². The molecule has 1 radical (unpaired) electrons. The third-order valence-corrected chi connectivity index (χ3v) is 5.10. The Kier molecular flexibility index (Phi) is 9.59. The molecule has 0 unspecified atom stereocenters. The predicted octanol–water partition coefficient (Wildman–Crippen LogP) is 6.14. The maximum absolute atomic E-state index is 7.77. The van der Waals surface area contributed by atoms with Gasteiger partial charge in [-0.3, -0.25) is 5.73 Å². The first kappa shape index (κ1) is 17.0. The summed E-state index contributed by atoms with van der Waals surface area (Å²) in [5.74, 6) is 0. The average Bonchev–Trinajstić information content (AvgIpc) is 2.90. The molecule has 0 amide bonds. The average molecular weight is 266 g/mol. The summed E-state index contributed by atoms with van der Waals surface area (Å²) >= 11 is 0. The molecule has 1 heteroatoms. The van der Waals surface area contributed by atoms with Crippen LogP contribution >= 0.6 is 0 Å². The molecule has 1 rings (SSSR count). The fourth-order valence-electron chi connectivity index (χ4n) is 3.63. The van der Waals surface area contributed by atoms with E-state index in [1.807, 2.05) is 0 Å². The molecule has 19 heavy (non-hydrogen) atoms. The molecule has 0 aliphatic heterocycles. The maximum Gasteiger partial charge on any atom is 0.0156 e. The highest BCUT2D eigenvalue weighted by Gasteiger charge is 2.31. The third-order valence-electron chi connectivity index (χ3n) is 5.10. The van der Waals surface area contributed by atoms with Crippen LogP contribution in [0.15, 0.2) is 0 Å². The summed E-state index contributed by atoms with van der Waals surface area (Å²) in [6, 6.07) is 0. The second-order valence-corrected chi connectivity index (χ2v) is 6.82. The van der Waals surface area contributed by atoms with E-state index in [4.69, 9.17) is 5.73 Å². The highest BCUT2D eigenvalue weighted by molar-refractivity contribution is 4.85. The van der Waals surface area contributed by atoms with Crippen LogP contribution < -0.4 is 5.73 Å². The van der Waals surface area contributed by atoms with E-state index in [1.165, 1.54) is 96.3 Å². The van der Waals surface area contributed by atoms with Crippen LogP contribution in [0, 0.1) is 5.41 Å². The van der Waals surface area contributed by atoms with Crippen molar-refractivity contribution >= 4 is 0 Å². The van der Waals surface area contributed by atoms with Gasteiger partial charge < -0.3 is 0 Å². The van der Waals surface area contributed by atoms with E-state index in [0.717, 1.165) is 0 Å². The summed E-state index contributed by atoms with van der Waals surface area (Å²) in [4.78, 5) is 0. The van der Waals surface area contributed by atoms with E-state index in [1.54, 1.807) is 0 Å². The molecule has 1 nitrogen and oxygen atoms in total. The normalized spacial score (nSPS) is 18.0. The van der Waals surface area contributed by atoms with E-state index in [2.05, 4.69) is 6.92 Å². The number of hydrogen-bond donors (Lipinski definition) is 0. The first-order valence-electron chi connectivity index (χ1n) is 8.97. The van der Waals surface area contributed by atoms with Gasteiger partial charge in [0, 0.05) is 6.54 Å². The maximum atomic E-state index is 7.77. The monoisotopic (exact) mass is 266 g/mol. The Labute approximate surface area is 121 Å². The lowest BCUT2D eigenvalue weighted by atomic mass is 9.81. The predicted molar refractivity (Wildman–Crippen MR) is 85.3 cm³/mol. The molecular formula is C18H36N. The van der Waals surface area contributed by atoms with Crippen molar-refractivity contribution in [3.05, 3.63) is 0 Å². The molecule has 0 spiro atoms. The fourth-order valence-corrected chi connectivity index (χ4v) is 3.63. The number of unbranched alkanes of at least 4 members (excludes halogenated alkanes) is 9. The molecule has 0 aromatic heterocycles. The van der Waals surface area contributed by atoms with Crippen LogP contribution in [0.1, 0.15) is 103 Å².